The molecule has 0 saturated carbocycles. The summed E-state index contributed by atoms with van der Waals surface area (Å²) in [4.78, 5) is 23.5. The van der Waals surface area contributed by atoms with E-state index in [2.05, 4.69) is 45.2 Å². The van der Waals surface area contributed by atoms with Crippen LogP contribution in [0.25, 0.3) is 10.8 Å². The Balaban J connectivity index is 1.40. The van der Waals surface area contributed by atoms with Gasteiger partial charge in [-0.05, 0) is 61.1 Å². The summed E-state index contributed by atoms with van der Waals surface area (Å²) in [6.45, 7) is 4.67. The number of carbonyl (C=O) groups is 1. The number of aromatic nitrogens is 2. The quantitative estimate of drug-likeness (QED) is 0.715. The molecule has 3 aromatic rings. The monoisotopic (exact) mass is 359 g/mol. The summed E-state index contributed by atoms with van der Waals surface area (Å²) in [7, 11) is 0. The number of rotatable bonds is 4. The standard InChI is InChI=1S/C23H25N3O/c1-15-12-24-21(25-15)14-26-11-3-5-18(13-26)23(27)20-10-9-17-8-7-16-4-2-6-19(20)22(16)17/h2,4,6,9-10,12,18H,3,5,7-8,11,13-14H2,1H3,(H,24,25)/t18-/m1/s1. The van der Waals surface area contributed by atoms with E-state index in [1.165, 1.54) is 16.5 Å². The molecule has 0 unspecified atom stereocenters. The first-order chi connectivity index (χ1) is 13.2. The van der Waals surface area contributed by atoms with Crippen molar-refractivity contribution in [1.82, 2.24) is 14.9 Å². The first-order valence-corrected chi connectivity index (χ1v) is 9.99. The van der Waals surface area contributed by atoms with E-state index >= 15 is 0 Å². The molecule has 138 valence electrons. The number of hydrogen-bond acceptors (Lipinski definition) is 3. The molecule has 1 aliphatic heterocycles. The van der Waals surface area contributed by atoms with E-state index in [0.29, 0.717) is 5.78 Å². The smallest absolute Gasteiger partial charge is 0.167 e. The number of likely N-dealkylation sites (tertiary alicyclic amines) is 1. The Labute approximate surface area is 159 Å². The average molecular weight is 359 g/mol. The third-order valence-electron chi connectivity index (χ3n) is 6.15. The van der Waals surface area contributed by atoms with Crippen molar-refractivity contribution >= 4 is 16.6 Å². The average Bonchev–Trinajstić information content (AvgIpc) is 3.29. The molecule has 0 amide bonds. The number of imidazole rings is 1. The van der Waals surface area contributed by atoms with Gasteiger partial charge in [-0.3, -0.25) is 9.69 Å². The lowest BCUT2D eigenvalue weighted by atomic mass is 9.87. The second-order valence-corrected chi connectivity index (χ2v) is 8.06. The molecule has 1 aromatic heterocycles. The Morgan fingerprint density at radius 3 is 2.89 bits per heavy atom. The van der Waals surface area contributed by atoms with Gasteiger partial charge in [-0.1, -0.05) is 30.3 Å². The number of carbonyl (C=O) groups excluding carboxylic acids is 1. The molecule has 2 aliphatic rings. The van der Waals surface area contributed by atoms with Gasteiger partial charge in [-0.25, -0.2) is 4.98 Å². The van der Waals surface area contributed by atoms with Gasteiger partial charge in [-0.2, -0.15) is 0 Å². The van der Waals surface area contributed by atoms with Crippen LogP contribution in [0, 0.1) is 12.8 Å². The number of H-pyrrole nitrogens is 1. The van der Waals surface area contributed by atoms with Crippen LogP contribution >= 0.6 is 0 Å². The maximum absolute atomic E-state index is 13.4. The number of nitrogens with zero attached hydrogens (tertiary/aromatic N) is 2. The lowest BCUT2D eigenvalue weighted by Gasteiger charge is -2.31. The summed E-state index contributed by atoms with van der Waals surface area (Å²) in [5.41, 5.74) is 4.80. The number of Topliss-reactive ketones (excluding diaryl/α,β-unsaturated/α-hetero) is 1. The molecule has 0 spiro atoms. The minimum absolute atomic E-state index is 0.0771. The van der Waals surface area contributed by atoms with Crippen LogP contribution < -0.4 is 0 Å². The number of benzene rings is 2. The minimum Gasteiger partial charge on any atom is -0.345 e. The largest absolute Gasteiger partial charge is 0.345 e. The van der Waals surface area contributed by atoms with Crippen molar-refractivity contribution in [3.8, 4) is 0 Å². The van der Waals surface area contributed by atoms with Gasteiger partial charge in [0.05, 0.1) is 6.54 Å². The van der Waals surface area contributed by atoms with Gasteiger partial charge in [0.15, 0.2) is 5.78 Å². The maximum Gasteiger partial charge on any atom is 0.167 e. The van der Waals surface area contributed by atoms with Gasteiger partial charge in [-0.15, -0.1) is 0 Å². The van der Waals surface area contributed by atoms with Gasteiger partial charge in [0.1, 0.15) is 5.82 Å². The van der Waals surface area contributed by atoms with Gasteiger partial charge < -0.3 is 4.98 Å². The molecule has 27 heavy (non-hydrogen) atoms. The molecular formula is C23H25N3O. The highest BCUT2D eigenvalue weighted by molar-refractivity contribution is 6.11. The fourth-order valence-corrected chi connectivity index (χ4v) is 4.85. The molecule has 4 heteroatoms. The van der Waals surface area contributed by atoms with Crippen LogP contribution in [0.2, 0.25) is 0 Å². The van der Waals surface area contributed by atoms with E-state index in [1.807, 2.05) is 13.1 Å². The second-order valence-electron chi connectivity index (χ2n) is 8.06. The first-order valence-electron chi connectivity index (χ1n) is 9.99. The number of aryl methyl sites for hydroxylation is 3. The van der Waals surface area contributed by atoms with Crippen LogP contribution in [0.5, 0.6) is 0 Å². The topological polar surface area (TPSA) is 49.0 Å². The highest BCUT2D eigenvalue weighted by Gasteiger charge is 2.29. The van der Waals surface area contributed by atoms with Crippen LogP contribution in [0.3, 0.4) is 0 Å². The molecule has 2 heterocycles. The Hall–Kier alpha value is -2.46. The van der Waals surface area contributed by atoms with Crippen molar-refractivity contribution in [2.45, 2.75) is 39.2 Å². The molecule has 0 radical (unpaired) electrons. The Morgan fingerprint density at radius 2 is 2.07 bits per heavy atom. The molecule has 1 saturated heterocycles. The second kappa shape index (κ2) is 6.61. The molecule has 2 aromatic carbocycles. The summed E-state index contributed by atoms with van der Waals surface area (Å²) in [6, 6.07) is 10.7. The Kier molecular flexibility index (Phi) is 4.09. The van der Waals surface area contributed by atoms with Crippen LogP contribution in [0.1, 0.15) is 45.8 Å². The number of hydrogen-bond donors (Lipinski definition) is 1. The molecule has 1 aliphatic carbocycles. The van der Waals surface area contributed by atoms with E-state index in [0.717, 1.165) is 67.8 Å². The lowest BCUT2D eigenvalue weighted by Crippen LogP contribution is -2.38. The predicted octanol–water partition coefficient (Wildman–Crippen LogP) is 4.06. The van der Waals surface area contributed by atoms with Crippen molar-refractivity contribution in [3.05, 3.63) is 64.7 Å². The van der Waals surface area contributed by atoms with Crippen molar-refractivity contribution < 1.29 is 4.79 Å². The molecule has 1 fully saturated rings. The van der Waals surface area contributed by atoms with Crippen LogP contribution in [-0.4, -0.2) is 33.7 Å². The summed E-state index contributed by atoms with van der Waals surface area (Å²) in [6.07, 6.45) is 6.12. The highest BCUT2D eigenvalue weighted by Crippen LogP contribution is 2.34. The zero-order valence-electron chi connectivity index (χ0n) is 15.8. The minimum atomic E-state index is 0.0771. The van der Waals surface area contributed by atoms with Crippen molar-refractivity contribution in [3.63, 3.8) is 0 Å². The van der Waals surface area contributed by atoms with Gasteiger partial charge in [0.2, 0.25) is 0 Å². The molecule has 4 nitrogen and oxygen atoms in total. The Morgan fingerprint density at radius 1 is 1.22 bits per heavy atom. The third kappa shape index (κ3) is 2.98. The normalized spacial score (nSPS) is 19.7. The van der Waals surface area contributed by atoms with Crippen molar-refractivity contribution in [1.29, 1.82) is 0 Å². The number of aromatic amines is 1. The lowest BCUT2D eigenvalue weighted by molar-refractivity contribution is 0.0810. The van der Waals surface area contributed by atoms with Crippen LogP contribution in [0.4, 0.5) is 0 Å². The molecule has 5 rings (SSSR count). The maximum atomic E-state index is 13.4. The van der Waals surface area contributed by atoms with E-state index in [4.69, 9.17) is 0 Å². The van der Waals surface area contributed by atoms with E-state index in [9.17, 15) is 4.79 Å². The fourth-order valence-electron chi connectivity index (χ4n) is 4.85. The van der Waals surface area contributed by atoms with Gasteiger partial charge >= 0.3 is 0 Å². The van der Waals surface area contributed by atoms with Crippen LogP contribution in [-0.2, 0) is 19.4 Å². The SMILES string of the molecule is Cc1cnc(CN2CCC[C@@H](C(=O)c3ccc4c5c(cccc35)CC4)C2)[nH]1. The van der Waals surface area contributed by atoms with E-state index in [-0.39, 0.29) is 5.92 Å². The van der Waals surface area contributed by atoms with Crippen molar-refractivity contribution in [2.24, 2.45) is 5.92 Å². The number of ketones is 1. The molecule has 1 atom stereocenters. The van der Waals surface area contributed by atoms with Crippen molar-refractivity contribution in [2.75, 3.05) is 13.1 Å². The van der Waals surface area contributed by atoms with E-state index < -0.39 is 0 Å². The summed E-state index contributed by atoms with van der Waals surface area (Å²) < 4.78 is 0. The van der Waals surface area contributed by atoms with Gasteiger partial charge in [0.25, 0.3) is 0 Å². The van der Waals surface area contributed by atoms with E-state index in [1.54, 1.807) is 0 Å². The number of piperidine rings is 1. The fraction of sp³-hybridized carbons (Fsp3) is 0.391. The first kappa shape index (κ1) is 16.7. The molecular weight excluding hydrogens is 334 g/mol. The summed E-state index contributed by atoms with van der Waals surface area (Å²) >= 11 is 0. The zero-order chi connectivity index (χ0) is 18.4. The van der Waals surface area contributed by atoms with Crippen LogP contribution in [0.15, 0.2) is 36.5 Å². The predicted molar refractivity (Wildman–Crippen MR) is 107 cm³/mol. The molecule has 0 bridgehead atoms. The highest BCUT2D eigenvalue weighted by atomic mass is 16.1. The van der Waals surface area contributed by atoms with Gasteiger partial charge in [0, 0.05) is 29.9 Å². The zero-order valence-corrected chi connectivity index (χ0v) is 15.8. The summed E-state index contributed by atoms with van der Waals surface area (Å²) in [5.74, 6) is 1.38. The number of nitrogens with one attached hydrogen (secondary N) is 1. The molecule has 1 N–H and O–H groups in total. The third-order valence-corrected chi connectivity index (χ3v) is 6.15. The summed E-state index contributed by atoms with van der Waals surface area (Å²) in [5, 5.41) is 2.49. The Bertz CT molecular complexity index is 1010.